The Balaban J connectivity index is 1.25. The topological polar surface area (TPSA) is 62.2 Å². The fourth-order valence-corrected chi connectivity index (χ4v) is 7.61. The van der Waals surface area contributed by atoms with Crippen LogP contribution in [0.3, 0.4) is 0 Å². The van der Waals surface area contributed by atoms with E-state index in [0.29, 0.717) is 17.1 Å². The summed E-state index contributed by atoms with van der Waals surface area (Å²) >= 11 is 0. The molecule has 0 saturated heterocycles. The van der Waals surface area contributed by atoms with E-state index in [-0.39, 0.29) is 16.4 Å². The molecule has 6 nitrogen and oxygen atoms in total. The number of esters is 1. The Morgan fingerprint density at radius 1 is 0.636 bits per heavy atom. The van der Waals surface area contributed by atoms with Crippen LogP contribution in [0.1, 0.15) is 61.1 Å². The Bertz CT molecular complexity index is 2000. The molecule has 0 spiro atoms. The molecule has 4 aliphatic rings. The van der Waals surface area contributed by atoms with Crippen LogP contribution in [-0.4, -0.2) is 31.5 Å². The first-order valence-electron chi connectivity index (χ1n) is 15.0. The predicted molar refractivity (Wildman–Crippen MR) is 173 cm³/mol. The van der Waals surface area contributed by atoms with Crippen LogP contribution >= 0.6 is 0 Å². The molecule has 8 rings (SSSR count). The number of aliphatic hydroxyl groups is 1. The van der Waals surface area contributed by atoms with E-state index >= 15 is 0 Å². The molecule has 0 fully saturated rings. The normalized spacial score (nSPS) is 20.4. The lowest BCUT2D eigenvalue weighted by Crippen LogP contribution is -2.30. The molecule has 0 aliphatic carbocycles. The Morgan fingerprint density at radius 3 is 1.61 bits per heavy atom. The highest BCUT2D eigenvalue weighted by atomic mass is 16.6. The molecule has 1 N–H and O–H groups in total. The molecule has 4 aliphatic heterocycles. The van der Waals surface area contributed by atoms with Gasteiger partial charge in [0.15, 0.2) is 0 Å². The van der Waals surface area contributed by atoms with Crippen molar-refractivity contribution in [3.8, 4) is 0 Å². The molecule has 4 aromatic rings. The number of anilines is 4. The fourth-order valence-electron chi connectivity index (χ4n) is 7.61. The number of rotatable bonds is 2. The number of benzene rings is 4. The monoisotopic (exact) mass is 582 g/mol. The molecule has 4 heterocycles. The minimum atomic E-state index is -1.32. The average Bonchev–Trinajstić information content (AvgIpc) is 3.56. The van der Waals surface area contributed by atoms with Gasteiger partial charge < -0.3 is 24.4 Å². The number of ether oxygens (including phenoxy) is 2. The summed E-state index contributed by atoms with van der Waals surface area (Å²) in [5, 5.41) is 11.2. The number of fused-ring (bicyclic) bond motifs is 5. The maximum atomic E-state index is 13.5. The lowest BCUT2D eigenvalue weighted by Gasteiger charge is -2.40. The summed E-state index contributed by atoms with van der Waals surface area (Å²) in [7, 11) is 4.14. The number of carbonyl (C=O) groups is 1. The van der Waals surface area contributed by atoms with Crippen molar-refractivity contribution in [2.75, 3.05) is 23.9 Å². The summed E-state index contributed by atoms with van der Waals surface area (Å²) in [6.45, 7) is 8.85. The number of nitrogens with zero attached hydrogens (tertiary/aromatic N) is 2. The van der Waals surface area contributed by atoms with Gasteiger partial charge in [-0.05, 0) is 70.8 Å². The van der Waals surface area contributed by atoms with Crippen LogP contribution in [-0.2, 0) is 25.1 Å². The van der Waals surface area contributed by atoms with E-state index in [2.05, 4.69) is 124 Å². The van der Waals surface area contributed by atoms with Gasteiger partial charge in [0, 0.05) is 58.8 Å². The van der Waals surface area contributed by atoms with E-state index in [4.69, 9.17) is 9.47 Å². The van der Waals surface area contributed by atoms with Crippen molar-refractivity contribution >= 4 is 40.2 Å². The molecule has 0 radical (unpaired) electrons. The minimum Gasteiger partial charge on any atom is -0.459 e. The predicted octanol–water partition coefficient (Wildman–Crippen LogP) is 7.53. The van der Waals surface area contributed by atoms with Gasteiger partial charge in [0.05, 0.1) is 5.57 Å². The number of aliphatic hydroxyl groups excluding tert-OH is 1. The summed E-state index contributed by atoms with van der Waals surface area (Å²) in [5.74, 6) is 0.180. The van der Waals surface area contributed by atoms with Gasteiger partial charge in [-0.2, -0.15) is 0 Å². The standard InChI is InChI=1S/C38H34N2O4/c1-37(2)23-11-7-9-13-27(23)39(5)29-17-15-21(19-25(29)37)33-31-32(36(42)43-33)34(44-35(31)41)22-16-18-30-26(20-22)38(3,4)24-12-8-10-14-28(24)40(30)6/h7-20,35,41H,1-6H3. The number of para-hydroxylation sites is 2. The second-order valence-corrected chi connectivity index (χ2v) is 13.2. The number of hydrogen-bond acceptors (Lipinski definition) is 6. The van der Waals surface area contributed by atoms with Crippen LogP contribution in [0.25, 0.3) is 11.5 Å². The van der Waals surface area contributed by atoms with E-state index in [1.807, 2.05) is 12.1 Å². The van der Waals surface area contributed by atoms with Gasteiger partial charge in [0.2, 0.25) is 6.29 Å². The van der Waals surface area contributed by atoms with Gasteiger partial charge in [-0.25, -0.2) is 4.79 Å². The molecule has 44 heavy (non-hydrogen) atoms. The van der Waals surface area contributed by atoms with Crippen LogP contribution in [0.2, 0.25) is 0 Å². The van der Waals surface area contributed by atoms with E-state index in [1.54, 1.807) is 0 Å². The first-order chi connectivity index (χ1) is 21.0. The van der Waals surface area contributed by atoms with Gasteiger partial charge in [0.1, 0.15) is 17.1 Å². The largest absolute Gasteiger partial charge is 0.459 e. The third-order valence-corrected chi connectivity index (χ3v) is 10.1. The Hall–Kier alpha value is -4.81. The van der Waals surface area contributed by atoms with E-state index in [1.165, 1.54) is 22.5 Å². The summed E-state index contributed by atoms with van der Waals surface area (Å²) in [5.41, 5.74) is 10.8. The van der Waals surface area contributed by atoms with Crippen LogP contribution in [0, 0.1) is 0 Å². The van der Waals surface area contributed by atoms with Gasteiger partial charge in [-0.15, -0.1) is 0 Å². The first kappa shape index (κ1) is 26.8. The zero-order chi connectivity index (χ0) is 30.7. The third-order valence-electron chi connectivity index (χ3n) is 10.1. The van der Waals surface area contributed by atoms with E-state index in [0.717, 1.165) is 33.6 Å². The maximum Gasteiger partial charge on any atom is 0.348 e. The van der Waals surface area contributed by atoms with Gasteiger partial charge in [-0.3, -0.25) is 0 Å². The number of carbonyl (C=O) groups excluding carboxylic acids is 1. The highest BCUT2D eigenvalue weighted by Gasteiger charge is 2.46. The highest BCUT2D eigenvalue weighted by Crippen LogP contribution is 2.52. The molecule has 0 saturated carbocycles. The smallest absolute Gasteiger partial charge is 0.348 e. The second-order valence-electron chi connectivity index (χ2n) is 13.2. The molecule has 0 amide bonds. The van der Waals surface area contributed by atoms with Crippen molar-refractivity contribution in [3.63, 3.8) is 0 Å². The SMILES string of the molecule is CN1c2ccccc2C(C)(C)c2cc(C3=C4C(=O)OC(c5ccc6c(c5)C(C)(C)c5ccccc5N6C)=C4C(O)O3)ccc21. The lowest BCUT2D eigenvalue weighted by molar-refractivity contribution is -0.130. The molecule has 6 heteroatoms. The van der Waals surface area contributed by atoms with Gasteiger partial charge >= 0.3 is 5.97 Å². The molecule has 0 aromatic heterocycles. The zero-order valence-corrected chi connectivity index (χ0v) is 25.7. The molecule has 1 atom stereocenters. The van der Waals surface area contributed by atoms with E-state index in [9.17, 15) is 9.90 Å². The maximum absolute atomic E-state index is 13.5. The fraction of sp³-hybridized carbons (Fsp3) is 0.237. The van der Waals surface area contributed by atoms with Crippen molar-refractivity contribution in [2.45, 2.75) is 44.8 Å². The Labute approximate surface area is 257 Å². The zero-order valence-electron chi connectivity index (χ0n) is 25.7. The van der Waals surface area contributed by atoms with Crippen molar-refractivity contribution in [2.24, 2.45) is 0 Å². The van der Waals surface area contributed by atoms with Crippen molar-refractivity contribution < 1.29 is 19.4 Å². The highest BCUT2D eigenvalue weighted by molar-refractivity contribution is 6.11. The summed E-state index contributed by atoms with van der Waals surface area (Å²) in [6.07, 6.45) is -1.32. The summed E-state index contributed by atoms with van der Waals surface area (Å²) in [6, 6.07) is 29.1. The van der Waals surface area contributed by atoms with Crippen LogP contribution in [0.4, 0.5) is 22.7 Å². The lowest BCUT2D eigenvalue weighted by atomic mass is 9.73. The molecule has 1 unspecified atom stereocenters. The van der Waals surface area contributed by atoms with Crippen molar-refractivity contribution in [1.29, 1.82) is 0 Å². The minimum absolute atomic E-state index is 0.279. The first-order valence-corrected chi connectivity index (χ1v) is 15.0. The second kappa shape index (κ2) is 8.87. The summed E-state index contributed by atoms with van der Waals surface area (Å²) < 4.78 is 12.0. The van der Waals surface area contributed by atoms with Gasteiger partial charge in [-0.1, -0.05) is 64.1 Å². The van der Waals surface area contributed by atoms with Crippen LogP contribution in [0.5, 0.6) is 0 Å². The Morgan fingerprint density at radius 2 is 1.09 bits per heavy atom. The van der Waals surface area contributed by atoms with Crippen LogP contribution in [0.15, 0.2) is 96.1 Å². The quantitative estimate of drug-likeness (QED) is 0.247. The van der Waals surface area contributed by atoms with E-state index < -0.39 is 12.3 Å². The molecule has 0 bridgehead atoms. The molecular formula is C38H34N2O4. The molecule has 220 valence electrons. The van der Waals surface area contributed by atoms with Crippen LogP contribution < -0.4 is 9.80 Å². The van der Waals surface area contributed by atoms with Gasteiger partial charge in [0.25, 0.3) is 0 Å². The van der Waals surface area contributed by atoms with Crippen molar-refractivity contribution in [3.05, 3.63) is 129 Å². The third kappa shape index (κ3) is 3.43. The average molecular weight is 583 g/mol. The number of cyclic esters (lactones) is 1. The molecule has 4 aromatic carbocycles. The molecular weight excluding hydrogens is 548 g/mol. The Kier molecular flexibility index (Phi) is 5.40. The summed E-state index contributed by atoms with van der Waals surface area (Å²) in [4.78, 5) is 17.9. The number of hydrogen-bond donors (Lipinski definition) is 1. The van der Waals surface area contributed by atoms with Crippen molar-refractivity contribution in [1.82, 2.24) is 0 Å².